The number of hydrogen-bond acceptors (Lipinski definition) is 4. The number of amides is 1. The third kappa shape index (κ3) is 5.87. The van der Waals surface area contributed by atoms with Gasteiger partial charge in [-0.05, 0) is 67.8 Å². The van der Waals surface area contributed by atoms with Crippen molar-refractivity contribution >= 4 is 34.1 Å². The van der Waals surface area contributed by atoms with E-state index in [0.717, 1.165) is 44.5 Å². The van der Waals surface area contributed by atoms with E-state index in [4.69, 9.17) is 25.5 Å². The number of fused-ring (bicyclic) bond motifs is 1. The van der Waals surface area contributed by atoms with E-state index in [1.165, 1.54) is 0 Å². The van der Waals surface area contributed by atoms with Crippen LogP contribution in [0.5, 0.6) is 11.5 Å². The van der Waals surface area contributed by atoms with Gasteiger partial charge in [-0.2, -0.15) is 0 Å². The van der Waals surface area contributed by atoms with Crippen LogP contribution >= 0.6 is 11.6 Å². The molecule has 0 fully saturated rings. The highest BCUT2D eigenvalue weighted by atomic mass is 35.5. The van der Waals surface area contributed by atoms with Crippen molar-refractivity contribution < 1.29 is 18.7 Å². The van der Waals surface area contributed by atoms with E-state index >= 15 is 0 Å². The third-order valence-electron chi connectivity index (χ3n) is 5.60. The number of benzene rings is 3. The summed E-state index contributed by atoms with van der Waals surface area (Å²) < 4.78 is 17.3. The van der Waals surface area contributed by atoms with E-state index in [9.17, 15) is 4.79 Å². The smallest absolute Gasteiger partial charge is 0.244 e. The fourth-order valence-corrected chi connectivity index (χ4v) is 4.00. The van der Waals surface area contributed by atoms with E-state index in [-0.39, 0.29) is 5.91 Å². The molecular formula is C29H28ClNO4. The lowest BCUT2D eigenvalue weighted by atomic mass is 9.99. The van der Waals surface area contributed by atoms with E-state index in [1.54, 1.807) is 24.5 Å². The number of rotatable bonds is 9. The minimum absolute atomic E-state index is 0.182. The normalized spacial score (nSPS) is 11.5. The molecule has 35 heavy (non-hydrogen) atoms. The molecule has 0 aliphatic heterocycles. The Bertz CT molecular complexity index is 1340. The summed E-state index contributed by atoms with van der Waals surface area (Å²) in [5.74, 6) is 1.32. The molecule has 0 bridgehead atoms. The van der Waals surface area contributed by atoms with Crippen LogP contribution < -0.4 is 14.8 Å². The third-order valence-corrected chi connectivity index (χ3v) is 5.86. The second-order valence-electron chi connectivity index (χ2n) is 8.06. The molecule has 4 aromatic rings. The van der Waals surface area contributed by atoms with Crippen LogP contribution in [-0.2, 0) is 11.3 Å². The summed E-state index contributed by atoms with van der Waals surface area (Å²) in [7, 11) is 0. The van der Waals surface area contributed by atoms with Crippen LogP contribution in [0.25, 0.3) is 27.7 Å². The summed E-state index contributed by atoms with van der Waals surface area (Å²) in [6, 6.07) is 19.2. The quantitative estimate of drug-likeness (QED) is 0.251. The van der Waals surface area contributed by atoms with Crippen molar-refractivity contribution in [3.63, 3.8) is 0 Å². The molecule has 1 amide bonds. The number of hydrogen-bond donors (Lipinski definition) is 1. The molecular weight excluding hydrogens is 462 g/mol. The molecule has 0 unspecified atom stereocenters. The van der Waals surface area contributed by atoms with Gasteiger partial charge in [-0.3, -0.25) is 4.79 Å². The molecule has 180 valence electrons. The number of nitrogens with one attached hydrogen (secondary N) is 1. The number of ether oxygens (including phenoxy) is 2. The van der Waals surface area contributed by atoms with Gasteiger partial charge in [0.2, 0.25) is 5.91 Å². The average molecular weight is 490 g/mol. The first kappa shape index (κ1) is 24.4. The number of carbonyl (C=O) groups is 1. The molecule has 3 aromatic carbocycles. The highest BCUT2D eigenvalue weighted by Crippen LogP contribution is 2.38. The average Bonchev–Trinajstić information content (AvgIpc) is 3.27. The van der Waals surface area contributed by atoms with Crippen molar-refractivity contribution in [3.05, 3.63) is 89.2 Å². The van der Waals surface area contributed by atoms with E-state index in [0.29, 0.717) is 30.5 Å². The lowest BCUT2D eigenvalue weighted by Gasteiger charge is -2.12. The molecule has 0 spiro atoms. The molecule has 0 aliphatic carbocycles. The predicted molar refractivity (Wildman–Crippen MR) is 141 cm³/mol. The Kier molecular flexibility index (Phi) is 7.78. The Balaban J connectivity index is 1.62. The van der Waals surface area contributed by atoms with Gasteiger partial charge in [-0.15, -0.1) is 0 Å². The van der Waals surface area contributed by atoms with Gasteiger partial charge in [0.05, 0.1) is 19.5 Å². The zero-order valence-electron chi connectivity index (χ0n) is 20.1. The molecule has 0 radical (unpaired) electrons. The summed E-state index contributed by atoms with van der Waals surface area (Å²) in [5, 5.41) is 4.54. The van der Waals surface area contributed by atoms with Crippen LogP contribution in [0.3, 0.4) is 0 Å². The standard InChI is InChI=1S/C29H28ClNO4/c1-4-33-23-12-8-21(9-13-23)26-18-35-28-16-27(34-5-2)24(15-25(26)28)19(3)14-29(32)31-17-20-6-10-22(30)11-7-20/h6-16,18H,4-5,17H2,1-3H3,(H,31,32)/b19-14+. The van der Waals surface area contributed by atoms with E-state index < -0.39 is 0 Å². The summed E-state index contributed by atoms with van der Waals surface area (Å²) in [6.07, 6.45) is 3.34. The predicted octanol–water partition coefficient (Wildman–Crippen LogP) is 7.27. The summed E-state index contributed by atoms with van der Waals surface area (Å²) in [4.78, 5) is 12.6. The van der Waals surface area contributed by atoms with E-state index in [2.05, 4.69) is 5.32 Å². The van der Waals surface area contributed by atoms with Gasteiger partial charge < -0.3 is 19.2 Å². The zero-order valence-corrected chi connectivity index (χ0v) is 20.8. The Hall–Kier alpha value is -3.70. The first-order chi connectivity index (χ1) is 17.0. The van der Waals surface area contributed by atoms with Crippen molar-refractivity contribution in [2.75, 3.05) is 13.2 Å². The number of carbonyl (C=O) groups excluding carboxylic acids is 1. The van der Waals surface area contributed by atoms with Crippen LogP contribution in [0.4, 0.5) is 0 Å². The van der Waals surface area contributed by atoms with Crippen LogP contribution in [-0.4, -0.2) is 19.1 Å². The maximum atomic E-state index is 12.6. The van der Waals surface area contributed by atoms with Gasteiger partial charge in [0.15, 0.2) is 0 Å². The molecule has 1 aromatic heterocycles. The topological polar surface area (TPSA) is 60.7 Å². The number of furan rings is 1. The number of allylic oxidation sites excluding steroid dienone is 1. The molecule has 1 heterocycles. The fourth-order valence-electron chi connectivity index (χ4n) is 3.88. The first-order valence-corrected chi connectivity index (χ1v) is 12.0. The lowest BCUT2D eigenvalue weighted by Crippen LogP contribution is -2.20. The molecule has 5 nitrogen and oxygen atoms in total. The Morgan fingerprint density at radius 3 is 2.40 bits per heavy atom. The highest BCUT2D eigenvalue weighted by molar-refractivity contribution is 6.30. The van der Waals surface area contributed by atoms with Crippen molar-refractivity contribution in [3.8, 4) is 22.6 Å². The van der Waals surface area contributed by atoms with Crippen molar-refractivity contribution in [1.82, 2.24) is 5.32 Å². The Labute approximate surface area is 210 Å². The molecule has 0 aliphatic rings. The summed E-state index contributed by atoms with van der Waals surface area (Å²) in [6.45, 7) is 7.34. The lowest BCUT2D eigenvalue weighted by molar-refractivity contribution is -0.116. The van der Waals surface area contributed by atoms with Crippen LogP contribution in [0, 0.1) is 0 Å². The highest BCUT2D eigenvalue weighted by Gasteiger charge is 2.15. The van der Waals surface area contributed by atoms with Crippen molar-refractivity contribution in [1.29, 1.82) is 0 Å². The Morgan fingerprint density at radius 1 is 1.00 bits per heavy atom. The molecule has 0 saturated heterocycles. The minimum Gasteiger partial charge on any atom is -0.494 e. The van der Waals surface area contributed by atoms with Crippen LogP contribution in [0.2, 0.25) is 5.02 Å². The van der Waals surface area contributed by atoms with Crippen LogP contribution in [0.1, 0.15) is 31.9 Å². The van der Waals surface area contributed by atoms with Crippen molar-refractivity contribution in [2.24, 2.45) is 0 Å². The summed E-state index contributed by atoms with van der Waals surface area (Å²) >= 11 is 5.93. The second-order valence-corrected chi connectivity index (χ2v) is 8.49. The fraction of sp³-hybridized carbons (Fsp3) is 0.207. The van der Waals surface area contributed by atoms with Gasteiger partial charge >= 0.3 is 0 Å². The zero-order chi connectivity index (χ0) is 24.8. The number of halogens is 1. The van der Waals surface area contributed by atoms with Gasteiger partial charge in [-0.1, -0.05) is 35.9 Å². The molecule has 0 atom stereocenters. The minimum atomic E-state index is -0.182. The summed E-state index contributed by atoms with van der Waals surface area (Å²) in [5.41, 5.74) is 5.32. The Morgan fingerprint density at radius 2 is 1.71 bits per heavy atom. The van der Waals surface area contributed by atoms with Gasteiger partial charge in [0.25, 0.3) is 0 Å². The molecule has 4 rings (SSSR count). The molecule has 1 N–H and O–H groups in total. The maximum Gasteiger partial charge on any atom is 0.244 e. The monoisotopic (exact) mass is 489 g/mol. The SMILES string of the molecule is CCOc1ccc(-c2coc3cc(OCC)c(/C(C)=C/C(=O)NCc4ccc(Cl)cc4)cc23)cc1. The first-order valence-electron chi connectivity index (χ1n) is 11.6. The maximum absolute atomic E-state index is 12.6. The molecule has 0 saturated carbocycles. The van der Waals surface area contributed by atoms with Gasteiger partial charge in [0.1, 0.15) is 17.1 Å². The van der Waals surface area contributed by atoms with Gasteiger partial charge in [0, 0.05) is 40.2 Å². The van der Waals surface area contributed by atoms with Crippen LogP contribution in [0.15, 0.2) is 77.4 Å². The largest absolute Gasteiger partial charge is 0.494 e. The van der Waals surface area contributed by atoms with Crippen molar-refractivity contribution in [2.45, 2.75) is 27.3 Å². The second kappa shape index (κ2) is 11.2. The molecule has 6 heteroatoms. The van der Waals surface area contributed by atoms with Gasteiger partial charge in [-0.25, -0.2) is 0 Å². The van der Waals surface area contributed by atoms with E-state index in [1.807, 2.05) is 69.3 Å².